The first-order chi connectivity index (χ1) is 19.4. The number of methoxy groups -OCH3 is 2. The molecule has 0 saturated carbocycles. The number of hydrazine groups is 2. The van der Waals surface area contributed by atoms with Crippen LogP contribution in [0.3, 0.4) is 0 Å². The second-order valence-corrected chi connectivity index (χ2v) is 6.97. The lowest BCUT2D eigenvalue weighted by Gasteiger charge is -2.07. The van der Waals surface area contributed by atoms with Crippen LogP contribution in [-0.4, -0.2) is 39.0 Å². The number of nitrogens with one attached hydrogen (secondary N) is 4. The van der Waals surface area contributed by atoms with Gasteiger partial charge in [-0.05, 0) is 45.0 Å². The van der Waals surface area contributed by atoms with Crippen molar-refractivity contribution in [2.24, 2.45) is 5.10 Å². The van der Waals surface area contributed by atoms with Crippen molar-refractivity contribution in [1.82, 2.24) is 21.8 Å². The van der Waals surface area contributed by atoms with E-state index in [2.05, 4.69) is 38.6 Å². The van der Waals surface area contributed by atoms with Gasteiger partial charge >= 0.3 is 0 Å². The minimum Gasteiger partial charge on any atom is -0.497 e. The van der Waals surface area contributed by atoms with E-state index in [1.807, 2.05) is 110 Å². The number of aryl methyl sites for hydroxylation is 1. The Kier molecular flexibility index (Phi) is 29.7. The molecule has 0 bridgehead atoms. The van der Waals surface area contributed by atoms with E-state index in [-0.39, 0.29) is 5.91 Å². The van der Waals surface area contributed by atoms with Gasteiger partial charge in [-0.25, -0.2) is 5.53 Å². The van der Waals surface area contributed by atoms with Gasteiger partial charge in [-0.3, -0.25) is 15.0 Å². The first-order valence-corrected chi connectivity index (χ1v) is 13.5. The number of hydrogen-bond donors (Lipinski definition) is 4. The van der Waals surface area contributed by atoms with Gasteiger partial charge in [0.15, 0.2) is 5.84 Å². The molecular formula is C31H51N5O4. The lowest BCUT2D eigenvalue weighted by atomic mass is 10.1. The minimum absolute atomic E-state index is 0.107. The third kappa shape index (κ3) is 19.9. The van der Waals surface area contributed by atoms with Crippen LogP contribution in [0.5, 0.6) is 5.75 Å². The lowest BCUT2D eigenvalue weighted by Crippen LogP contribution is -2.35. The number of nitrogens with zero attached hydrogens (tertiary/aromatic N) is 1. The van der Waals surface area contributed by atoms with Gasteiger partial charge in [0.25, 0.3) is 12.4 Å². The van der Waals surface area contributed by atoms with E-state index in [1.54, 1.807) is 19.2 Å². The summed E-state index contributed by atoms with van der Waals surface area (Å²) in [6.45, 7) is 18.9. The Balaban J connectivity index is -0.000000596. The van der Waals surface area contributed by atoms with Crippen molar-refractivity contribution in [1.29, 1.82) is 0 Å². The number of rotatable bonds is 7. The third-order valence-electron chi connectivity index (χ3n) is 4.26. The SMILES string of the molecule is C/C=C\C=C(/C)CNC(=O)c1cccc(C2=NNNN2)c1.CC.CC.CC.COC=O.COc1ccc(C)cc1. The maximum atomic E-state index is 12.1. The highest BCUT2D eigenvalue weighted by Gasteiger charge is 2.11. The number of hydrogen-bond acceptors (Lipinski definition) is 8. The summed E-state index contributed by atoms with van der Waals surface area (Å²) in [4.78, 5) is 21.1. The number of hydrazone groups is 1. The molecule has 1 heterocycles. The number of allylic oxidation sites excluding steroid dienone is 3. The molecule has 1 amide bonds. The molecular weight excluding hydrogens is 506 g/mol. The Morgan fingerprint density at radius 2 is 1.60 bits per heavy atom. The Morgan fingerprint density at radius 1 is 1.00 bits per heavy atom. The molecule has 224 valence electrons. The number of ether oxygens (including phenoxy) is 2. The van der Waals surface area contributed by atoms with Crippen LogP contribution in [0.2, 0.25) is 0 Å². The lowest BCUT2D eigenvalue weighted by molar-refractivity contribution is -0.126. The van der Waals surface area contributed by atoms with Gasteiger partial charge in [0.05, 0.1) is 14.2 Å². The van der Waals surface area contributed by atoms with E-state index in [0.717, 1.165) is 16.9 Å². The monoisotopic (exact) mass is 557 g/mol. The van der Waals surface area contributed by atoms with Crippen molar-refractivity contribution < 1.29 is 19.1 Å². The van der Waals surface area contributed by atoms with Crippen LogP contribution in [0.4, 0.5) is 0 Å². The van der Waals surface area contributed by atoms with Gasteiger partial charge in [0.2, 0.25) is 0 Å². The molecule has 0 radical (unpaired) electrons. The molecule has 2 aromatic rings. The molecule has 0 unspecified atom stereocenters. The predicted octanol–water partition coefficient (Wildman–Crippen LogP) is 6.08. The van der Waals surface area contributed by atoms with Gasteiger partial charge < -0.3 is 14.8 Å². The normalized spacial score (nSPS) is 10.7. The van der Waals surface area contributed by atoms with Gasteiger partial charge in [0, 0.05) is 17.7 Å². The summed E-state index contributed by atoms with van der Waals surface area (Å²) in [6, 6.07) is 15.2. The highest BCUT2D eigenvalue weighted by molar-refractivity contribution is 6.02. The molecule has 0 saturated heterocycles. The van der Waals surface area contributed by atoms with Crippen LogP contribution in [0.1, 0.15) is 76.9 Å². The summed E-state index contributed by atoms with van der Waals surface area (Å²) < 4.78 is 8.83. The summed E-state index contributed by atoms with van der Waals surface area (Å²) in [5.41, 5.74) is 11.9. The molecule has 0 spiro atoms. The molecule has 2 aromatic carbocycles. The molecule has 0 aliphatic carbocycles. The highest BCUT2D eigenvalue weighted by Crippen LogP contribution is 2.09. The Morgan fingerprint density at radius 3 is 2.08 bits per heavy atom. The Bertz CT molecular complexity index is 987. The number of carbonyl (C=O) groups excluding carboxylic acids is 2. The van der Waals surface area contributed by atoms with Gasteiger partial charge in [0.1, 0.15) is 5.75 Å². The second-order valence-electron chi connectivity index (χ2n) is 6.97. The summed E-state index contributed by atoms with van der Waals surface area (Å²) in [5.74, 6) is 1.46. The zero-order chi connectivity index (χ0) is 31.2. The smallest absolute Gasteiger partial charge is 0.292 e. The van der Waals surface area contributed by atoms with Crippen LogP contribution < -0.4 is 26.5 Å². The summed E-state index contributed by atoms with van der Waals surface area (Å²) in [7, 11) is 2.98. The van der Waals surface area contributed by atoms with Crippen molar-refractivity contribution in [3.63, 3.8) is 0 Å². The van der Waals surface area contributed by atoms with Crippen molar-refractivity contribution >= 4 is 18.2 Å². The number of benzene rings is 2. The van der Waals surface area contributed by atoms with Crippen LogP contribution in [0, 0.1) is 6.92 Å². The summed E-state index contributed by atoms with van der Waals surface area (Å²) >= 11 is 0. The van der Waals surface area contributed by atoms with E-state index in [0.29, 0.717) is 24.4 Å². The molecule has 1 aliphatic heterocycles. The molecule has 0 aromatic heterocycles. The molecule has 9 nitrogen and oxygen atoms in total. The van der Waals surface area contributed by atoms with E-state index in [4.69, 9.17) is 9.53 Å². The van der Waals surface area contributed by atoms with Crippen molar-refractivity contribution in [3.8, 4) is 5.75 Å². The average molecular weight is 558 g/mol. The number of amides is 1. The largest absolute Gasteiger partial charge is 0.497 e. The zero-order valence-corrected chi connectivity index (χ0v) is 26.2. The minimum atomic E-state index is -0.107. The van der Waals surface area contributed by atoms with Gasteiger partial charge in [-0.2, -0.15) is 0 Å². The topological polar surface area (TPSA) is 113 Å². The van der Waals surface area contributed by atoms with Crippen molar-refractivity contribution in [2.45, 2.75) is 62.3 Å². The van der Waals surface area contributed by atoms with Crippen LogP contribution in [-0.2, 0) is 9.53 Å². The summed E-state index contributed by atoms with van der Waals surface area (Å²) in [5, 5.41) is 6.90. The maximum Gasteiger partial charge on any atom is 0.292 e. The van der Waals surface area contributed by atoms with Crippen molar-refractivity contribution in [2.75, 3.05) is 20.8 Å². The van der Waals surface area contributed by atoms with Crippen LogP contribution in [0.25, 0.3) is 0 Å². The van der Waals surface area contributed by atoms with Crippen molar-refractivity contribution in [3.05, 3.63) is 89.0 Å². The molecule has 0 fully saturated rings. The molecule has 9 heteroatoms. The fourth-order valence-corrected chi connectivity index (χ4v) is 2.46. The predicted molar refractivity (Wildman–Crippen MR) is 168 cm³/mol. The van der Waals surface area contributed by atoms with Gasteiger partial charge in [-0.15, -0.1) is 10.6 Å². The number of amidine groups is 1. The van der Waals surface area contributed by atoms with E-state index in [9.17, 15) is 4.79 Å². The quantitative estimate of drug-likeness (QED) is 0.241. The standard InChI is InChI=1S/C15H19N5O.C8H10O.C2H4O2.3C2H6/c1-3-4-6-11(2)10-16-15(21)13-8-5-7-12(9-13)14-17-19-20-18-14;1-7-3-5-8(9-2)6-4-7;1-4-2-3;3*1-2/h3-9,19-20H,10H2,1-2H3,(H,16,21)(H,17,18);3-6H,1-2H3;2H,1H3;3*1-2H3/b4-3-,11-6+;;;;;. The molecule has 4 N–H and O–H groups in total. The van der Waals surface area contributed by atoms with Crippen LogP contribution in [0.15, 0.2) is 77.4 Å². The fourth-order valence-electron chi connectivity index (χ4n) is 2.46. The molecule has 1 aliphatic rings. The average Bonchev–Trinajstić information content (AvgIpc) is 3.58. The Hall–Kier alpha value is -4.11. The van der Waals surface area contributed by atoms with Crippen LogP contribution >= 0.6 is 0 Å². The second kappa shape index (κ2) is 29.4. The maximum absolute atomic E-state index is 12.1. The first-order valence-electron chi connectivity index (χ1n) is 13.5. The van der Waals surface area contributed by atoms with Gasteiger partial charge in [-0.1, -0.05) is 95.2 Å². The van der Waals surface area contributed by atoms with E-state index < -0.39 is 0 Å². The van der Waals surface area contributed by atoms with E-state index >= 15 is 0 Å². The Labute approximate surface area is 242 Å². The number of carbonyl (C=O) groups is 2. The fraction of sp³-hybridized carbons (Fsp3) is 0.387. The molecule has 0 atom stereocenters. The highest BCUT2D eigenvalue weighted by atomic mass is 16.5. The third-order valence-corrected chi connectivity index (χ3v) is 4.26. The first kappa shape index (κ1) is 40.4. The summed E-state index contributed by atoms with van der Waals surface area (Å²) in [6.07, 6.45) is 5.88. The molecule has 40 heavy (non-hydrogen) atoms. The zero-order valence-electron chi connectivity index (χ0n) is 26.2. The van der Waals surface area contributed by atoms with E-state index in [1.165, 1.54) is 12.7 Å². The molecule has 3 rings (SSSR count).